The normalized spacial score (nSPS) is 22.3. The van der Waals surface area contributed by atoms with Crippen LogP contribution in [0.25, 0.3) is 0 Å². The summed E-state index contributed by atoms with van der Waals surface area (Å²) in [4.78, 5) is 30.3. The van der Waals surface area contributed by atoms with Gasteiger partial charge in [0, 0.05) is 20.1 Å². The van der Waals surface area contributed by atoms with E-state index in [1.807, 2.05) is 141 Å². The number of methoxy groups -OCH3 is 1. The highest BCUT2D eigenvalue weighted by Gasteiger charge is 2.58. The highest BCUT2D eigenvalue weighted by Crippen LogP contribution is 2.42. The van der Waals surface area contributed by atoms with Gasteiger partial charge in [0.05, 0.1) is 30.9 Å². The largest absolute Gasteiger partial charge is 0.459 e. The Bertz CT molecular complexity index is 2410. The lowest BCUT2D eigenvalue weighted by Crippen LogP contribution is -2.67. The van der Waals surface area contributed by atoms with Gasteiger partial charge in [-0.3, -0.25) is 4.90 Å². The van der Waals surface area contributed by atoms with Gasteiger partial charge in [-0.05, 0) is 61.1 Å². The molecule has 0 spiro atoms. The standard InChI is InChI=1S/C65H85NO11/c1-5-6-7-8-9-10-11-12-13-14-15-31-42-56-59(77-64(2,3)75-56)55(66(45-50-32-21-16-22-33-50)63(69)74-48-53-38-27-19-28-39-53)43-44-65(70-4)61(72-47-52-36-25-18-26-37-52)60(71-46-51-34-23-17-24-35-51)58(67)57(76-65)49-73-62(68)54-40-29-20-30-41-54/h16-30,32-41,55-61,67H,5-15,31,42-49H2,1-4H3/t55-,56?,57?,58-,59-,60+,61?,65?/m0/s1. The van der Waals surface area contributed by atoms with E-state index in [1.165, 1.54) is 57.8 Å². The van der Waals surface area contributed by atoms with Crippen LogP contribution < -0.4 is 0 Å². The summed E-state index contributed by atoms with van der Waals surface area (Å²) in [7, 11) is 1.55. The highest BCUT2D eigenvalue weighted by molar-refractivity contribution is 5.89. The Balaban J connectivity index is 1.22. The number of aliphatic hydroxyl groups excluding tert-OH is 1. The van der Waals surface area contributed by atoms with Crippen molar-refractivity contribution in [3.05, 3.63) is 179 Å². The van der Waals surface area contributed by atoms with Gasteiger partial charge in [-0.2, -0.15) is 0 Å². The molecule has 12 heteroatoms. The first-order chi connectivity index (χ1) is 37.6. The molecule has 416 valence electrons. The molecule has 0 bridgehead atoms. The van der Waals surface area contributed by atoms with Crippen LogP contribution in [-0.4, -0.2) is 90.0 Å². The number of nitrogens with zero attached hydrogens (tertiary/aromatic N) is 1. The molecule has 0 aliphatic carbocycles. The van der Waals surface area contributed by atoms with Crippen molar-refractivity contribution in [3.8, 4) is 0 Å². The van der Waals surface area contributed by atoms with E-state index >= 15 is 4.79 Å². The molecule has 1 N–H and O–H groups in total. The van der Waals surface area contributed by atoms with E-state index in [0.717, 1.165) is 47.9 Å². The number of carbonyl (C=O) groups is 2. The van der Waals surface area contributed by atoms with E-state index in [0.29, 0.717) is 5.56 Å². The van der Waals surface area contributed by atoms with Crippen molar-refractivity contribution in [2.24, 2.45) is 0 Å². The van der Waals surface area contributed by atoms with Crippen molar-refractivity contribution in [1.82, 2.24) is 4.90 Å². The quantitative estimate of drug-likeness (QED) is 0.0326. The van der Waals surface area contributed by atoms with E-state index in [-0.39, 0.29) is 51.9 Å². The molecule has 0 saturated carbocycles. The van der Waals surface area contributed by atoms with Gasteiger partial charge < -0.3 is 43.0 Å². The fraction of sp³-hybridized carbons (Fsp3) is 0.508. The summed E-state index contributed by atoms with van der Waals surface area (Å²) >= 11 is 0. The number of aliphatic hydroxyl groups is 1. The second-order valence-corrected chi connectivity index (χ2v) is 21.2. The maximum absolute atomic E-state index is 15.0. The Labute approximate surface area is 458 Å². The fourth-order valence-electron chi connectivity index (χ4n) is 10.7. The van der Waals surface area contributed by atoms with E-state index in [9.17, 15) is 9.90 Å². The Morgan fingerprint density at radius 1 is 0.584 bits per heavy atom. The number of ether oxygens (including phenoxy) is 8. The molecule has 2 aliphatic heterocycles. The first-order valence-electron chi connectivity index (χ1n) is 28.4. The van der Waals surface area contributed by atoms with Gasteiger partial charge in [0.25, 0.3) is 0 Å². The molecule has 12 nitrogen and oxygen atoms in total. The number of rotatable bonds is 32. The summed E-state index contributed by atoms with van der Waals surface area (Å²) in [6.45, 7) is 6.35. The summed E-state index contributed by atoms with van der Waals surface area (Å²) in [6, 6.07) is 47.0. The topological polar surface area (TPSA) is 131 Å². The molecule has 5 aromatic carbocycles. The summed E-state index contributed by atoms with van der Waals surface area (Å²) < 4.78 is 53.3. The molecule has 4 unspecified atom stereocenters. The zero-order valence-electron chi connectivity index (χ0n) is 46.1. The molecule has 0 radical (unpaired) electrons. The average molecular weight is 1060 g/mol. The van der Waals surface area contributed by atoms with Crippen LogP contribution in [0.2, 0.25) is 0 Å². The molecule has 2 aliphatic rings. The molecule has 2 heterocycles. The molecule has 0 aromatic heterocycles. The minimum Gasteiger partial charge on any atom is -0.459 e. The summed E-state index contributed by atoms with van der Waals surface area (Å²) in [5, 5.41) is 12.4. The maximum atomic E-state index is 15.0. The second kappa shape index (κ2) is 31.2. The minimum atomic E-state index is -1.65. The predicted molar refractivity (Wildman–Crippen MR) is 299 cm³/mol. The Morgan fingerprint density at radius 3 is 1.62 bits per heavy atom. The first-order valence-corrected chi connectivity index (χ1v) is 28.4. The van der Waals surface area contributed by atoms with Gasteiger partial charge in [-0.25, -0.2) is 9.59 Å². The molecule has 2 saturated heterocycles. The van der Waals surface area contributed by atoms with Crippen molar-refractivity contribution < 1.29 is 52.6 Å². The van der Waals surface area contributed by atoms with Crippen molar-refractivity contribution in [1.29, 1.82) is 0 Å². The minimum absolute atomic E-state index is 0.0652. The highest BCUT2D eigenvalue weighted by atomic mass is 16.8. The molecule has 7 rings (SSSR count). The third-order valence-corrected chi connectivity index (χ3v) is 14.9. The number of amides is 1. The van der Waals surface area contributed by atoms with E-state index < -0.39 is 60.2 Å². The molecule has 8 atom stereocenters. The average Bonchev–Trinajstić information content (AvgIpc) is 3.77. The van der Waals surface area contributed by atoms with Crippen LogP contribution in [0.4, 0.5) is 4.79 Å². The van der Waals surface area contributed by atoms with Crippen LogP contribution in [-0.2, 0) is 64.3 Å². The van der Waals surface area contributed by atoms with Crippen LogP contribution in [0.15, 0.2) is 152 Å². The number of hydrogen-bond donors (Lipinski definition) is 1. The van der Waals surface area contributed by atoms with Gasteiger partial charge in [-0.15, -0.1) is 0 Å². The van der Waals surface area contributed by atoms with Crippen LogP contribution in [0.3, 0.4) is 0 Å². The van der Waals surface area contributed by atoms with Gasteiger partial charge in [0.15, 0.2) is 11.6 Å². The van der Waals surface area contributed by atoms with Crippen molar-refractivity contribution >= 4 is 12.1 Å². The van der Waals surface area contributed by atoms with E-state index in [4.69, 9.17) is 37.9 Å². The number of hydrogen-bond acceptors (Lipinski definition) is 11. The molecule has 77 heavy (non-hydrogen) atoms. The monoisotopic (exact) mass is 1060 g/mol. The van der Waals surface area contributed by atoms with Crippen molar-refractivity contribution in [2.75, 3.05) is 13.7 Å². The molecular formula is C65H85NO11. The number of carbonyl (C=O) groups excluding carboxylic acids is 2. The molecule has 5 aromatic rings. The zero-order valence-corrected chi connectivity index (χ0v) is 46.1. The second-order valence-electron chi connectivity index (χ2n) is 21.2. The van der Waals surface area contributed by atoms with E-state index in [2.05, 4.69) is 6.92 Å². The summed E-state index contributed by atoms with van der Waals surface area (Å²) in [5.41, 5.74) is 3.89. The molecule has 2 fully saturated rings. The van der Waals surface area contributed by atoms with Crippen LogP contribution in [0.1, 0.15) is 150 Å². The number of esters is 1. The van der Waals surface area contributed by atoms with Gasteiger partial charge in [0.1, 0.15) is 43.7 Å². The van der Waals surface area contributed by atoms with Crippen molar-refractivity contribution in [3.63, 3.8) is 0 Å². The Morgan fingerprint density at radius 2 is 1.08 bits per heavy atom. The van der Waals surface area contributed by atoms with Crippen LogP contribution in [0.5, 0.6) is 0 Å². The lowest BCUT2D eigenvalue weighted by molar-refractivity contribution is -0.374. The van der Waals surface area contributed by atoms with Gasteiger partial charge in [-0.1, -0.05) is 224 Å². The summed E-state index contributed by atoms with van der Waals surface area (Å²) in [5.74, 6) is -3.18. The summed E-state index contributed by atoms with van der Waals surface area (Å²) in [6.07, 6.45) is 9.82. The van der Waals surface area contributed by atoms with Gasteiger partial charge >= 0.3 is 12.1 Å². The number of benzene rings is 5. The Hall–Kier alpha value is -5.44. The lowest BCUT2D eigenvalue weighted by Gasteiger charge is -2.51. The third kappa shape index (κ3) is 18.3. The molecular weight excluding hydrogens is 971 g/mol. The van der Waals surface area contributed by atoms with Gasteiger partial charge in [0.2, 0.25) is 0 Å². The maximum Gasteiger partial charge on any atom is 0.410 e. The number of unbranched alkanes of at least 4 members (excludes halogenated alkanes) is 11. The SMILES string of the molecule is CCCCCCCCCCCCCCC1OC(C)(C)O[C@H]1[C@H](CCC1(OC)OC(COC(=O)c2ccccc2)[C@H](O)[C@@H](OCc2ccccc2)C1OCc1ccccc1)N(Cc1ccccc1)C(=O)OCc1ccccc1. The Kier molecular flexibility index (Phi) is 24.0. The lowest BCUT2D eigenvalue weighted by atomic mass is 9.86. The van der Waals surface area contributed by atoms with Crippen molar-refractivity contribution in [2.45, 2.75) is 198 Å². The van der Waals surface area contributed by atoms with Crippen LogP contribution >= 0.6 is 0 Å². The fourth-order valence-corrected chi connectivity index (χ4v) is 10.7. The predicted octanol–water partition coefficient (Wildman–Crippen LogP) is 13.7. The smallest absolute Gasteiger partial charge is 0.410 e. The molecule has 1 amide bonds. The van der Waals surface area contributed by atoms with Crippen LogP contribution in [0, 0.1) is 0 Å². The third-order valence-electron chi connectivity index (χ3n) is 14.9. The zero-order chi connectivity index (χ0) is 54.1. The van der Waals surface area contributed by atoms with E-state index in [1.54, 1.807) is 36.3 Å². The first kappa shape index (κ1) is 59.2.